The Labute approximate surface area is 112 Å². The highest BCUT2D eigenvalue weighted by atomic mass is 79.9. The molecule has 6 heteroatoms. The topological polar surface area (TPSA) is 61.7 Å². The zero-order valence-electron chi connectivity index (χ0n) is 9.62. The van der Waals surface area contributed by atoms with E-state index in [1.54, 1.807) is 12.5 Å². The third-order valence-electron chi connectivity index (χ3n) is 2.88. The van der Waals surface area contributed by atoms with Gasteiger partial charge in [0.2, 0.25) is 5.95 Å². The number of nitrogen functional groups attached to an aromatic ring is 1. The fourth-order valence-electron chi connectivity index (χ4n) is 1.98. The third kappa shape index (κ3) is 1.99. The summed E-state index contributed by atoms with van der Waals surface area (Å²) >= 11 is 3.47. The summed E-state index contributed by atoms with van der Waals surface area (Å²) in [4.78, 5) is 8.37. The van der Waals surface area contributed by atoms with E-state index in [4.69, 9.17) is 5.73 Å². The van der Waals surface area contributed by atoms with Gasteiger partial charge >= 0.3 is 0 Å². The first-order valence-corrected chi connectivity index (χ1v) is 6.40. The van der Waals surface area contributed by atoms with Crippen molar-refractivity contribution in [1.82, 2.24) is 19.1 Å². The highest BCUT2D eigenvalue weighted by Gasteiger charge is 2.08. The molecule has 0 fully saturated rings. The lowest BCUT2D eigenvalue weighted by atomic mass is 10.3. The molecule has 0 unspecified atom stereocenters. The van der Waals surface area contributed by atoms with Gasteiger partial charge in [0, 0.05) is 30.0 Å². The highest BCUT2D eigenvalue weighted by Crippen LogP contribution is 2.22. The molecule has 0 saturated carbocycles. The molecule has 0 aliphatic heterocycles. The average Bonchev–Trinajstić information content (AvgIpc) is 2.94. The number of aryl methyl sites for hydroxylation is 2. The second-order valence-corrected chi connectivity index (χ2v) is 4.97. The van der Waals surface area contributed by atoms with Crippen molar-refractivity contribution in [2.75, 3.05) is 5.73 Å². The first-order chi connectivity index (χ1) is 8.74. The van der Waals surface area contributed by atoms with Gasteiger partial charge in [-0.25, -0.2) is 9.97 Å². The van der Waals surface area contributed by atoms with Gasteiger partial charge < -0.3 is 14.9 Å². The number of rotatable bonds is 3. The Balaban J connectivity index is 1.95. The number of halogens is 1. The van der Waals surface area contributed by atoms with E-state index in [2.05, 4.69) is 25.9 Å². The first-order valence-electron chi connectivity index (χ1n) is 5.61. The Morgan fingerprint density at radius 2 is 2.17 bits per heavy atom. The van der Waals surface area contributed by atoms with Crippen LogP contribution in [-0.4, -0.2) is 19.1 Å². The first kappa shape index (κ1) is 11.3. The van der Waals surface area contributed by atoms with Crippen molar-refractivity contribution < 1.29 is 0 Å². The van der Waals surface area contributed by atoms with Crippen LogP contribution in [0.1, 0.15) is 0 Å². The lowest BCUT2D eigenvalue weighted by molar-refractivity contribution is 0.594. The van der Waals surface area contributed by atoms with Gasteiger partial charge in [0.15, 0.2) is 0 Å². The van der Waals surface area contributed by atoms with Crippen LogP contribution in [0.2, 0.25) is 0 Å². The van der Waals surface area contributed by atoms with Crippen LogP contribution in [0.5, 0.6) is 0 Å². The van der Waals surface area contributed by atoms with Crippen LogP contribution in [0, 0.1) is 0 Å². The molecule has 3 rings (SSSR count). The zero-order chi connectivity index (χ0) is 12.5. The van der Waals surface area contributed by atoms with Crippen LogP contribution < -0.4 is 5.73 Å². The van der Waals surface area contributed by atoms with E-state index in [0.717, 1.165) is 28.6 Å². The van der Waals surface area contributed by atoms with Crippen molar-refractivity contribution in [3.63, 3.8) is 0 Å². The summed E-state index contributed by atoms with van der Waals surface area (Å²) in [6.45, 7) is 1.59. The quantitative estimate of drug-likeness (QED) is 0.807. The maximum absolute atomic E-state index is 5.95. The summed E-state index contributed by atoms with van der Waals surface area (Å²) in [6.07, 6.45) is 5.50. The van der Waals surface area contributed by atoms with E-state index < -0.39 is 0 Å². The van der Waals surface area contributed by atoms with Gasteiger partial charge in [-0.15, -0.1) is 0 Å². The summed E-state index contributed by atoms with van der Waals surface area (Å²) < 4.78 is 5.06. The Morgan fingerprint density at radius 1 is 1.28 bits per heavy atom. The Morgan fingerprint density at radius 3 is 2.94 bits per heavy atom. The summed E-state index contributed by atoms with van der Waals surface area (Å²) in [5.74, 6) is 0.545. The maximum Gasteiger partial charge on any atom is 0.201 e. The molecule has 0 aliphatic carbocycles. The van der Waals surface area contributed by atoms with Crippen LogP contribution in [-0.2, 0) is 13.1 Å². The van der Waals surface area contributed by atoms with Crippen molar-refractivity contribution in [3.8, 4) is 0 Å². The normalized spacial score (nSPS) is 11.2. The summed E-state index contributed by atoms with van der Waals surface area (Å²) in [5, 5.41) is 0. The van der Waals surface area contributed by atoms with Gasteiger partial charge in [-0.2, -0.15) is 0 Å². The number of aromatic nitrogens is 4. The Kier molecular flexibility index (Phi) is 2.79. The van der Waals surface area contributed by atoms with Gasteiger partial charge in [0.25, 0.3) is 0 Å². The fraction of sp³-hybridized carbons (Fsp3) is 0.167. The molecule has 92 valence electrons. The molecule has 2 N–H and O–H groups in total. The van der Waals surface area contributed by atoms with E-state index >= 15 is 0 Å². The molecule has 0 amide bonds. The largest absolute Gasteiger partial charge is 0.369 e. The number of hydrogen-bond acceptors (Lipinski definition) is 3. The molecule has 2 heterocycles. The van der Waals surface area contributed by atoms with Crippen LogP contribution >= 0.6 is 15.9 Å². The van der Waals surface area contributed by atoms with Gasteiger partial charge in [-0.3, -0.25) is 0 Å². The highest BCUT2D eigenvalue weighted by molar-refractivity contribution is 9.10. The van der Waals surface area contributed by atoms with Crippen LogP contribution in [0.15, 0.2) is 41.4 Å². The summed E-state index contributed by atoms with van der Waals surface area (Å²) in [6, 6.07) is 5.96. The van der Waals surface area contributed by atoms with E-state index in [9.17, 15) is 0 Å². The number of anilines is 1. The molecule has 0 spiro atoms. The molecule has 0 radical (unpaired) electrons. The number of benzene rings is 1. The molecule has 2 aromatic heterocycles. The number of hydrogen-bond donors (Lipinski definition) is 1. The SMILES string of the molecule is Nc1nc2ccc(Br)cc2n1CCn1ccnc1. The minimum atomic E-state index is 0.545. The number of nitrogens with two attached hydrogens (primary N) is 1. The molecular formula is C12H12BrN5. The van der Waals surface area contributed by atoms with E-state index in [1.165, 1.54) is 0 Å². The van der Waals surface area contributed by atoms with Crippen molar-refractivity contribution in [2.45, 2.75) is 13.1 Å². The maximum atomic E-state index is 5.95. The molecule has 0 aliphatic rings. The van der Waals surface area contributed by atoms with Gasteiger partial charge in [-0.1, -0.05) is 15.9 Å². The zero-order valence-corrected chi connectivity index (χ0v) is 11.2. The van der Waals surface area contributed by atoms with Gasteiger partial charge in [0.05, 0.1) is 17.4 Å². The van der Waals surface area contributed by atoms with Crippen LogP contribution in [0.4, 0.5) is 5.95 Å². The molecule has 3 aromatic rings. The van der Waals surface area contributed by atoms with E-state index in [-0.39, 0.29) is 0 Å². The standard InChI is InChI=1S/C12H12BrN5/c13-9-1-2-10-11(7-9)18(12(14)16-10)6-5-17-4-3-15-8-17/h1-4,7-8H,5-6H2,(H2,14,16). The van der Waals surface area contributed by atoms with E-state index in [0.29, 0.717) is 5.95 Å². The summed E-state index contributed by atoms with van der Waals surface area (Å²) in [7, 11) is 0. The average molecular weight is 306 g/mol. The second kappa shape index (κ2) is 4.45. The van der Waals surface area contributed by atoms with Crippen molar-refractivity contribution in [1.29, 1.82) is 0 Å². The minimum Gasteiger partial charge on any atom is -0.369 e. The number of fused-ring (bicyclic) bond motifs is 1. The monoisotopic (exact) mass is 305 g/mol. The van der Waals surface area contributed by atoms with Crippen molar-refractivity contribution in [3.05, 3.63) is 41.4 Å². The molecule has 0 atom stereocenters. The molecular weight excluding hydrogens is 294 g/mol. The number of nitrogens with zero attached hydrogens (tertiary/aromatic N) is 4. The van der Waals surface area contributed by atoms with Crippen molar-refractivity contribution in [2.24, 2.45) is 0 Å². The Bertz CT molecular complexity index is 671. The van der Waals surface area contributed by atoms with Gasteiger partial charge in [0.1, 0.15) is 0 Å². The predicted molar refractivity (Wildman–Crippen MR) is 74.1 cm³/mol. The smallest absolute Gasteiger partial charge is 0.201 e. The predicted octanol–water partition coefficient (Wildman–Crippen LogP) is 2.28. The van der Waals surface area contributed by atoms with Gasteiger partial charge in [-0.05, 0) is 18.2 Å². The number of imidazole rings is 2. The molecule has 1 aromatic carbocycles. The molecule has 18 heavy (non-hydrogen) atoms. The molecule has 5 nitrogen and oxygen atoms in total. The lowest BCUT2D eigenvalue weighted by Crippen LogP contribution is -2.08. The van der Waals surface area contributed by atoms with Crippen LogP contribution in [0.25, 0.3) is 11.0 Å². The summed E-state index contributed by atoms with van der Waals surface area (Å²) in [5.41, 5.74) is 7.92. The van der Waals surface area contributed by atoms with E-state index in [1.807, 2.05) is 33.5 Å². The molecule has 0 saturated heterocycles. The lowest BCUT2D eigenvalue weighted by Gasteiger charge is -2.07. The molecule has 0 bridgehead atoms. The second-order valence-electron chi connectivity index (χ2n) is 4.06. The third-order valence-corrected chi connectivity index (χ3v) is 3.37. The Hall–Kier alpha value is -1.82. The fourth-order valence-corrected chi connectivity index (χ4v) is 2.33. The van der Waals surface area contributed by atoms with Crippen molar-refractivity contribution >= 4 is 32.9 Å². The minimum absolute atomic E-state index is 0.545. The van der Waals surface area contributed by atoms with Crippen LogP contribution in [0.3, 0.4) is 0 Å².